The molecule has 0 N–H and O–H groups in total. The van der Waals surface area contributed by atoms with E-state index in [2.05, 4.69) is 15.3 Å². The van der Waals surface area contributed by atoms with E-state index in [-0.39, 0.29) is 11.7 Å². The zero-order chi connectivity index (χ0) is 17.2. The maximum absolute atomic E-state index is 11.7. The summed E-state index contributed by atoms with van der Waals surface area (Å²) in [6, 6.07) is 3.41. The Balaban J connectivity index is 3.07. The van der Waals surface area contributed by atoms with Gasteiger partial charge >= 0.3 is 0 Å². The Kier molecular flexibility index (Phi) is 7.45. The fraction of sp³-hybridized carbons (Fsp3) is 0.375. The van der Waals surface area contributed by atoms with Crippen LogP contribution in [0.1, 0.15) is 33.3 Å². The van der Waals surface area contributed by atoms with Crippen LogP contribution in [0.15, 0.2) is 34.9 Å². The van der Waals surface area contributed by atoms with Crippen LogP contribution < -0.4 is 4.84 Å². The minimum Gasteiger partial charge on any atom is -0.504 e. The predicted octanol–water partition coefficient (Wildman–Crippen LogP) is 2.83. The molecule has 1 rings (SSSR count). The first-order valence-electron chi connectivity index (χ1n) is 7.09. The Hall–Kier alpha value is -2.70. The largest absolute Gasteiger partial charge is 0.504 e. The topological polar surface area (TPSA) is 82.4 Å². The third kappa shape index (κ3) is 5.54. The Bertz CT molecular complexity index is 636. The number of methoxy groups -OCH3 is 1. The number of ether oxygens (including phenoxy) is 1. The van der Waals surface area contributed by atoms with Crippen molar-refractivity contribution in [3.8, 4) is 5.88 Å². The smallest absolute Gasteiger partial charge is 0.256 e. The molecule has 0 aromatic carbocycles. The number of allylic oxidation sites excluding steroid dienone is 1. The van der Waals surface area contributed by atoms with E-state index < -0.39 is 0 Å². The summed E-state index contributed by atoms with van der Waals surface area (Å²) in [5, 5.41) is 7.84. The number of Topliss-reactive ketones (excluding diaryl/α,β-unsaturated/α-hetero) is 1. The Labute approximate surface area is 135 Å². The molecule has 1 heterocycles. The highest BCUT2D eigenvalue weighted by Gasteiger charge is 2.15. The zero-order valence-electron chi connectivity index (χ0n) is 14.0. The van der Waals surface area contributed by atoms with Crippen molar-refractivity contribution in [3.63, 3.8) is 0 Å². The molecule has 0 aliphatic carbocycles. The molecule has 0 saturated heterocycles. The molecule has 0 aliphatic heterocycles. The summed E-state index contributed by atoms with van der Waals surface area (Å²) in [5.74, 6) is 0.0362. The molecule has 7 nitrogen and oxygen atoms in total. The fourth-order valence-electron chi connectivity index (χ4n) is 1.53. The lowest BCUT2D eigenvalue weighted by Gasteiger charge is -2.08. The minimum absolute atomic E-state index is 0.167. The molecular weight excluding hydrogens is 298 g/mol. The molecule has 0 radical (unpaired) electrons. The van der Waals surface area contributed by atoms with Crippen LogP contribution in [0.2, 0.25) is 0 Å². The summed E-state index contributed by atoms with van der Waals surface area (Å²) in [5.41, 5.74) is 1.97. The third-order valence-electron chi connectivity index (χ3n) is 2.80. The highest BCUT2D eigenvalue weighted by Crippen LogP contribution is 2.24. The molecule has 0 aliphatic rings. The van der Waals surface area contributed by atoms with E-state index in [9.17, 15) is 4.79 Å². The molecule has 7 heteroatoms. The summed E-state index contributed by atoms with van der Waals surface area (Å²) in [6.07, 6.45) is 2.90. The number of hydrogen-bond donors (Lipinski definition) is 0. The summed E-state index contributed by atoms with van der Waals surface area (Å²) in [7, 11) is 1.47. The van der Waals surface area contributed by atoms with Gasteiger partial charge in [0.25, 0.3) is 5.88 Å². The molecule has 23 heavy (non-hydrogen) atoms. The molecule has 124 valence electrons. The summed E-state index contributed by atoms with van der Waals surface area (Å²) in [4.78, 5) is 26.2. The Morgan fingerprint density at radius 2 is 1.96 bits per heavy atom. The van der Waals surface area contributed by atoms with Crippen LogP contribution in [-0.4, -0.2) is 35.9 Å². The molecule has 0 bridgehead atoms. The average Bonchev–Trinajstić information content (AvgIpc) is 2.55. The average molecular weight is 319 g/mol. The molecule has 0 fully saturated rings. The number of aromatic nitrogens is 1. The van der Waals surface area contributed by atoms with E-state index in [4.69, 9.17) is 14.4 Å². The SMILES string of the molecule is CCO/N=C(C)/C(C)=N/Oc1ncccc1/C(=C\OC)C(C)=O. The van der Waals surface area contributed by atoms with Crippen LogP contribution in [-0.2, 0) is 14.4 Å². The van der Waals surface area contributed by atoms with Crippen molar-refractivity contribution in [1.29, 1.82) is 0 Å². The number of rotatable bonds is 8. The molecule has 0 spiro atoms. The van der Waals surface area contributed by atoms with Crippen LogP contribution in [0, 0.1) is 0 Å². The van der Waals surface area contributed by atoms with Gasteiger partial charge < -0.3 is 14.4 Å². The van der Waals surface area contributed by atoms with Crippen molar-refractivity contribution < 1.29 is 19.2 Å². The predicted molar refractivity (Wildman–Crippen MR) is 88.4 cm³/mol. The summed E-state index contributed by atoms with van der Waals surface area (Å²) in [6.45, 7) is 7.24. The minimum atomic E-state index is -0.167. The second-order valence-corrected chi connectivity index (χ2v) is 4.54. The molecular formula is C16H21N3O4. The monoisotopic (exact) mass is 319 g/mol. The van der Waals surface area contributed by atoms with Crippen molar-refractivity contribution in [3.05, 3.63) is 30.2 Å². The second-order valence-electron chi connectivity index (χ2n) is 4.54. The molecule has 0 saturated carbocycles. The van der Waals surface area contributed by atoms with Gasteiger partial charge in [0.2, 0.25) is 0 Å². The van der Waals surface area contributed by atoms with Gasteiger partial charge in [0.1, 0.15) is 18.0 Å². The van der Waals surface area contributed by atoms with E-state index in [1.807, 2.05) is 6.92 Å². The molecule has 1 aromatic rings. The summed E-state index contributed by atoms with van der Waals surface area (Å²) >= 11 is 0. The molecule has 1 aromatic heterocycles. The highest BCUT2D eigenvalue weighted by atomic mass is 16.6. The van der Waals surface area contributed by atoms with E-state index >= 15 is 0 Å². The van der Waals surface area contributed by atoms with Gasteiger partial charge in [0.05, 0.1) is 24.5 Å². The third-order valence-corrected chi connectivity index (χ3v) is 2.80. The van der Waals surface area contributed by atoms with Crippen LogP contribution in [0.5, 0.6) is 5.88 Å². The van der Waals surface area contributed by atoms with Crippen LogP contribution >= 0.6 is 0 Å². The van der Waals surface area contributed by atoms with E-state index in [0.717, 1.165) is 0 Å². The standard InChI is InChI=1S/C16H21N3O4/c1-6-22-18-11(2)12(3)19-23-16-14(8-7-9-17-16)15(10-21-5)13(4)20/h7-10H,6H2,1-5H3/b15-10-,18-11+,19-12+. The second kappa shape index (κ2) is 9.34. The number of oxime groups is 2. The van der Waals surface area contributed by atoms with Crippen LogP contribution in [0.3, 0.4) is 0 Å². The highest BCUT2D eigenvalue weighted by molar-refractivity contribution is 6.40. The Morgan fingerprint density at radius 1 is 1.26 bits per heavy atom. The van der Waals surface area contributed by atoms with Gasteiger partial charge in [-0.15, -0.1) is 0 Å². The van der Waals surface area contributed by atoms with E-state index in [0.29, 0.717) is 29.2 Å². The zero-order valence-corrected chi connectivity index (χ0v) is 14.0. The Morgan fingerprint density at radius 3 is 2.57 bits per heavy atom. The van der Waals surface area contributed by atoms with Crippen molar-refractivity contribution in [2.45, 2.75) is 27.7 Å². The number of carbonyl (C=O) groups excluding carboxylic acids is 1. The number of hydrogen-bond acceptors (Lipinski definition) is 7. The van der Waals surface area contributed by atoms with Gasteiger partial charge in [0.15, 0.2) is 5.78 Å². The number of carbonyl (C=O) groups is 1. The molecule has 0 amide bonds. The summed E-state index contributed by atoms with van der Waals surface area (Å²) < 4.78 is 4.95. The normalized spacial score (nSPS) is 12.8. The number of nitrogens with zero attached hydrogens (tertiary/aromatic N) is 3. The first-order valence-corrected chi connectivity index (χ1v) is 7.09. The first-order chi connectivity index (χ1) is 11.0. The van der Waals surface area contributed by atoms with Crippen LogP contribution in [0.25, 0.3) is 5.57 Å². The molecule has 0 unspecified atom stereocenters. The number of ketones is 1. The van der Waals surface area contributed by atoms with Gasteiger partial charge in [-0.25, -0.2) is 4.98 Å². The van der Waals surface area contributed by atoms with Crippen LogP contribution in [0.4, 0.5) is 0 Å². The lowest BCUT2D eigenvalue weighted by Crippen LogP contribution is -2.09. The maximum atomic E-state index is 11.7. The number of pyridine rings is 1. The van der Waals surface area contributed by atoms with Crippen molar-refractivity contribution in [2.75, 3.05) is 13.7 Å². The lowest BCUT2D eigenvalue weighted by molar-refractivity contribution is -0.111. The van der Waals surface area contributed by atoms with Gasteiger partial charge in [-0.1, -0.05) is 10.3 Å². The van der Waals surface area contributed by atoms with Crippen molar-refractivity contribution in [1.82, 2.24) is 4.98 Å². The first kappa shape index (κ1) is 18.3. The van der Waals surface area contributed by atoms with Gasteiger partial charge in [-0.05, 0) is 39.8 Å². The van der Waals surface area contributed by atoms with E-state index in [1.165, 1.54) is 20.3 Å². The van der Waals surface area contributed by atoms with Crippen molar-refractivity contribution in [2.24, 2.45) is 10.3 Å². The fourth-order valence-corrected chi connectivity index (χ4v) is 1.53. The maximum Gasteiger partial charge on any atom is 0.256 e. The quantitative estimate of drug-likeness (QED) is 0.318. The van der Waals surface area contributed by atoms with Gasteiger partial charge in [0, 0.05) is 6.20 Å². The molecule has 0 atom stereocenters. The van der Waals surface area contributed by atoms with Crippen molar-refractivity contribution >= 4 is 22.8 Å². The van der Waals surface area contributed by atoms with Gasteiger partial charge in [-0.2, -0.15) is 0 Å². The van der Waals surface area contributed by atoms with E-state index in [1.54, 1.807) is 32.2 Å². The van der Waals surface area contributed by atoms with Gasteiger partial charge in [-0.3, -0.25) is 4.79 Å². The lowest BCUT2D eigenvalue weighted by atomic mass is 10.1.